The molecule has 12 heteroatoms. The minimum Gasteiger partial charge on any atom is -0.444 e. The maximum atomic E-state index is 11.9. The summed E-state index contributed by atoms with van der Waals surface area (Å²) in [5.74, 6) is 0.855. The number of carbonyl (C=O) groups excluding carboxylic acids is 2. The topological polar surface area (TPSA) is 94.7 Å². The van der Waals surface area contributed by atoms with E-state index < -0.39 is 11.2 Å². The van der Waals surface area contributed by atoms with Crippen LogP contribution in [0.4, 0.5) is 9.59 Å². The highest BCUT2D eigenvalue weighted by Gasteiger charge is 2.37. The molecule has 0 N–H and O–H groups in total. The predicted octanol–water partition coefficient (Wildman–Crippen LogP) is 6.81. The molecule has 0 radical (unpaired) electrons. The number of carbonyl (C=O) groups is 2. The maximum absolute atomic E-state index is 11.9. The van der Waals surface area contributed by atoms with Crippen LogP contribution in [0.3, 0.4) is 0 Å². The summed E-state index contributed by atoms with van der Waals surface area (Å²) >= 11 is 4.53. The van der Waals surface area contributed by atoms with E-state index in [0.717, 1.165) is 13.1 Å². The molecule has 0 spiro atoms. The predicted molar refractivity (Wildman–Crippen MR) is 172 cm³/mol. The van der Waals surface area contributed by atoms with Gasteiger partial charge in [0.05, 0.1) is 21.5 Å². The lowest BCUT2D eigenvalue weighted by atomic mass is 10.1. The number of hydrogen-bond acceptors (Lipinski definition) is 6. The van der Waals surface area contributed by atoms with Gasteiger partial charge in [-0.2, -0.15) is 10.2 Å². The highest BCUT2D eigenvalue weighted by atomic mass is 127. The van der Waals surface area contributed by atoms with Crippen LogP contribution in [0.1, 0.15) is 105 Å². The van der Waals surface area contributed by atoms with Gasteiger partial charge < -0.3 is 19.3 Å². The Morgan fingerprint density at radius 2 is 1.23 bits per heavy atom. The zero-order valence-electron chi connectivity index (χ0n) is 25.4. The van der Waals surface area contributed by atoms with E-state index in [-0.39, 0.29) is 24.3 Å². The van der Waals surface area contributed by atoms with Crippen LogP contribution >= 0.6 is 45.2 Å². The van der Waals surface area contributed by atoms with Crippen LogP contribution in [-0.4, -0.2) is 78.9 Å². The summed E-state index contributed by atoms with van der Waals surface area (Å²) < 4.78 is 16.9. The molecular weight excluding hydrogens is 738 g/mol. The van der Waals surface area contributed by atoms with Gasteiger partial charge in [0.2, 0.25) is 0 Å². The fourth-order valence-corrected chi connectivity index (χ4v) is 5.57. The number of aromatic nitrogens is 4. The van der Waals surface area contributed by atoms with Crippen molar-refractivity contribution in [1.29, 1.82) is 0 Å². The van der Waals surface area contributed by atoms with Crippen molar-refractivity contribution in [3.8, 4) is 0 Å². The number of amides is 2. The Morgan fingerprint density at radius 1 is 0.775 bits per heavy atom. The van der Waals surface area contributed by atoms with E-state index in [0.29, 0.717) is 38.0 Å². The van der Waals surface area contributed by atoms with Crippen molar-refractivity contribution in [3.63, 3.8) is 0 Å². The molecule has 4 rings (SSSR count). The number of rotatable bonds is 4. The third kappa shape index (κ3) is 8.71. The summed E-state index contributed by atoms with van der Waals surface area (Å²) in [6.45, 7) is 22.6. The third-order valence-electron chi connectivity index (χ3n) is 6.35. The van der Waals surface area contributed by atoms with Crippen molar-refractivity contribution in [2.75, 3.05) is 26.2 Å². The van der Waals surface area contributed by atoms with Gasteiger partial charge in [-0.15, -0.1) is 0 Å². The van der Waals surface area contributed by atoms with Gasteiger partial charge in [0.25, 0.3) is 0 Å². The number of halogens is 2. The van der Waals surface area contributed by atoms with Gasteiger partial charge in [-0.3, -0.25) is 9.36 Å². The first-order chi connectivity index (χ1) is 18.3. The van der Waals surface area contributed by atoms with Crippen LogP contribution in [0.5, 0.6) is 0 Å². The Bertz CT molecular complexity index is 1180. The summed E-state index contributed by atoms with van der Waals surface area (Å²) in [5, 5.41) is 9.18. The molecule has 40 heavy (non-hydrogen) atoms. The van der Waals surface area contributed by atoms with Crippen LogP contribution in [0, 0.1) is 7.40 Å². The molecule has 2 aliphatic heterocycles. The van der Waals surface area contributed by atoms with Gasteiger partial charge in [0.15, 0.2) is 0 Å². The largest absolute Gasteiger partial charge is 0.444 e. The van der Waals surface area contributed by atoms with Gasteiger partial charge in [-0.05, 0) is 111 Å². The lowest BCUT2D eigenvalue weighted by Crippen LogP contribution is -2.52. The van der Waals surface area contributed by atoms with Crippen molar-refractivity contribution in [1.82, 2.24) is 29.4 Å². The second-order valence-corrected chi connectivity index (χ2v) is 15.3. The summed E-state index contributed by atoms with van der Waals surface area (Å²) in [7, 11) is 0. The van der Waals surface area contributed by atoms with Gasteiger partial charge in [-0.25, -0.2) is 9.59 Å². The molecule has 2 fully saturated rings. The molecule has 0 aromatic carbocycles. The Hall–Kier alpha value is -1.58. The molecule has 0 saturated carbocycles. The molecule has 4 heterocycles. The molecule has 2 saturated heterocycles. The third-order valence-corrected chi connectivity index (χ3v) is 7.68. The second kappa shape index (κ2) is 12.7. The smallest absolute Gasteiger partial charge is 0.410 e. The molecule has 224 valence electrons. The Labute approximate surface area is 265 Å². The van der Waals surface area contributed by atoms with Crippen molar-refractivity contribution in [3.05, 3.63) is 30.9 Å². The van der Waals surface area contributed by atoms with Crippen LogP contribution in [0.15, 0.2) is 12.1 Å². The van der Waals surface area contributed by atoms with Gasteiger partial charge in [0.1, 0.15) is 14.9 Å². The van der Waals surface area contributed by atoms with Crippen molar-refractivity contribution in [2.24, 2.45) is 0 Å². The van der Waals surface area contributed by atoms with Crippen LogP contribution in [0.2, 0.25) is 0 Å². The van der Waals surface area contributed by atoms with E-state index in [2.05, 4.69) is 99.9 Å². The molecule has 2 amide bonds. The first kappa shape index (κ1) is 32.9. The Balaban J connectivity index is 0.000000220. The minimum atomic E-state index is -0.438. The molecule has 2 aliphatic rings. The molecule has 10 nitrogen and oxygen atoms in total. The van der Waals surface area contributed by atoms with Crippen LogP contribution in [-0.2, 0) is 9.47 Å². The average molecular weight is 783 g/mol. The Kier molecular flexibility index (Phi) is 10.5. The van der Waals surface area contributed by atoms with Crippen molar-refractivity contribution < 1.29 is 19.1 Å². The quantitative estimate of drug-likeness (QED) is 0.317. The molecular formula is C28H44I2N6O4. The molecule has 0 unspecified atom stereocenters. The summed E-state index contributed by atoms with van der Waals surface area (Å²) in [5.41, 5.74) is 1.45. The number of ether oxygens (including phenoxy) is 2. The maximum Gasteiger partial charge on any atom is 0.410 e. The molecule has 2 aromatic rings. The van der Waals surface area contributed by atoms with E-state index in [9.17, 15) is 9.59 Å². The molecule has 0 bridgehead atoms. The summed E-state index contributed by atoms with van der Waals surface area (Å²) in [4.78, 5) is 27.3. The van der Waals surface area contributed by atoms with Crippen LogP contribution in [0.25, 0.3) is 0 Å². The molecule has 0 atom stereocenters. The number of hydrogen-bond donors (Lipinski definition) is 0. The fraction of sp³-hybridized carbons (Fsp3) is 0.714. The standard InChI is InChI=1S/2C14H22IN3O2/c1-9(2)11-6-12(15)16-18(11)10-7-17(8-10)13(19)20-14(3,4)5;1-9(2)11-6-12(15)18(16-11)10-7-17(8-10)13(19)20-14(3,4)5/h2*6,9-10H,7-8H2,1-5H3. The highest BCUT2D eigenvalue weighted by Crippen LogP contribution is 2.29. The van der Waals surface area contributed by atoms with Gasteiger partial charge in [0, 0.05) is 31.9 Å². The van der Waals surface area contributed by atoms with Gasteiger partial charge in [-0.1, -0.05) is 27.7 Å². The molecule has 0 aliphatic carbocycles. The zero-order valence-corrected chi connectivity index (χ0v) is 29.7. The monoisotopic (exact) mass is 782 g/mol. The Morgan fingerprint density at radius 3 is 1.60 bits per heavy atom. The summed E-state index contributed by atoms with van der Waals surface area (Å²) in [6.07, 6.45) is -0.471. The minimum absolute atomic E-state index is 0.235. The normalized spacial score (nSPS) is 16.4. The SMILES string of the molecule is CC(C)c1cc(I)n(C2CN(C(=O)OC(C)(C)C)C2)n1.CC(C)c1cc(I)nn1C1CN(C(=O)OC(C)(C)C)C1. The lowest BCUT2D eigenvalue weighted by Gasteiger charge is -2.40. The molecule has 2 aromatic heterocycles. The number of nitrogens with zero attached hydrogens (tertiary/aromatic N) is 6. The second-order valence-electron chi connectivity index (χ2n) is 13.1. The fourth-order valence-electron chi connectivity index (χ4n) is 4.20. The summed E-state index contributed by atoms with van der Waals surface area (Å²) in [6, 6.07) is 4.76. The van der Waals surface area contributed by atoms with E-state index in [1.54, 1.807) is 9.80 Å². The number of likely N-dealkylation sites (tertiary alicyclic amines) is 2. The van der Waals surface area contributed by atoms with Crippen LogP contribution < -0.4 is 0 Å². The first-order valence-electron chi connectivity index (χ1n) is 13.8. The van der Waals surface area contributed by atoms with E-state index in [1.165, 1.54) is 5.69 Å². The highest BCUT2D eigenvalue weighted by molar-refractivity contribution is 14.1. The first-order valence-corrected chi connectivity index (χ1v) is 16.0. The van der Waals surface area contributed by atoms with Gasteiger partial charge >= 0.3 is 12.2 Å². The zero-order chi connectivity index (χ0) is 30.2. The lowest BCUT2D eigenvalue weighted by molar-refractivity contribution is -0.00164. The van der Waals surface area contributed by atoms with E-state index in [4.69, 9.17) is 9.47 Å². The average Bonchev–Trinajstić information content (AvgIpc) is 3.27. The van der Waals surface area contributed by atoms with E-state index in [1.807, 2.05) is 46.2 Å². The van der Waals surface area contributed by atoms with Crippen molar-refractivity contribution >= 4 is 57.4 Å². The van der Waals surface area contributed by atoms with E-state index >= 15 is 0 Å². The van der Waals surface area contributed by atoms with Crippen molar-refractivity contribution in [2.45, 2.75) is 104 Å².